The van der Waals surface area contributed by atoms with Crippen molar-refractivity contribution in [2.45, 2.75) is 32.2 Å². The molecule has 1 atom stereocenters. The average Bonchev–Trinajstić information content (AvgIpc) is 2.64. The Morgan fingerprint density at radius 2 is 2.21 bits per heavy atom. The lowest BCUT2D eigenvalue weighted by atomic mass is 9.97. The largest absolute Gasteiger partial charge is 0.321 e. The van der Waals surface area contributed by atoms with Crippen LogP contribution in [-0.4, -0.2) is 0 Å². The minimum absolute atomic E-state index is 0.0143. The maximum Gasteiger partial charge on any atom is 0.0478 e. The predicted molar refractivity (Wildman–Crippen MR) is 60.3 cm³/mol. The summed E-state index contributed by atoms with van der Waals surface area (Å²) in [5.41, 5.74) is 11.6. The summed E-state index contributed by atoms with van der Waals surface area (Å²) in [5.74, 6) is 0. The van der Waals surface area contributed by atoms with Crippen molar-refractivity contribution >= 4 is 0 Å². The molecule has 1 aromatic carbocycles. The quantitative estimate of drug-likeness (QED) is 0.708. The van der Waals surface area contributed by atoms with Crippen molar-refractivity contribution in [2.75, 3.05) is 0 Å². The Hall–Kier alpha value is -1.08. The van der Waals surface area contributed by atoms with Gasteiger partial charge in [0.2, 0.25) is 0 Å². The monoisotopic (exact) mass is 187 g/mol. The van der Waals surface area contributed by atoms with Crippen LogP contribution in [0.5, 0.6) is 0 Å². The third-order valence-electron chi connectivity index (χ3n) is 3.10. The zero-order chi connectivity index (χ0) is 10.1. The van der Waals surface area contributed by atoms with E-state index in [0.717, 1.165) is 0 Å². The maximum absolute atomic E-state index is 5.94. The number of hydrogen-bond donors (Lipinski definition) is 1. The Balaban J connectivity index is 2.46. The molecule has 0 aromatic heterocycles. The van der Waals surface area contributed by atoms with Crippen molar-refractivity contribution in [2.24, 2.45) is 5.73 Å². The molecule has 0 bridgehead atoms. The van der Waals surface area contributed by atoms with Crippen LogP contribution < -0.4 is 5.73 Å². The highest BCUT2D eigenvalue weighted by Crippen LogP contribution is 2.28. The van der Waals surface area contributed by atoms with E-state index in [1.165, 1.54) is 36.0 Å². The van der Waals surface area contributed by atoms with Gasteiger partial charge in [-0.15, -0.1) is 6.58 Å². The smallest absolute Gasteiger partial charge is 0.0478 e. The van der Waals surface area contributed by atoms with Crippen LogP contribution in [0.2, 0.25) is 0 Å². The van der Waals surface area contributed by atoms with E-state index in [9.17, 15) is 0 Å². The van der Waals surface area contributed by atoms with Crippen LogP contribution in [-0.2, 0) is 12.8 Å². The molecular weight excluding hydrogens is 170 g/mol. The summed E-state index contributed by atoms with van der Waals surface area (Å²) < 4.78 is 0. The molecule has 2 rings (SSSR count). The van der Waals surface area contributed by atoms with E-state index in [4.69, 9.17) is 5.73 Å². The summed E-state index contributed by atoms with van der Waals surface area (Å²) in [6, 6.07) is 4.44. The van der Waals surface area contributed by atoms with Crippen molar-refractivity contribution in [1.82, 2.24) is 0 Å². The Bertz CT molecular complexity index is 366. The van der Waals surface area contributed by atoms with Gasteiger partial charge in [0.25, 0.3) is 0 Å². The van der Waals surface area contributed by atoms with E-state index in [2.05, 4.69) is 25.6 Å². The predicted octanol–water partition coefficient (Wildman–Crippen LogP) is 2.67. The number of rotatable bonds is 2. The second-order valence-electron chi connectivity index (χ2n) is 4.09. The van der Waals surface area contributed by atoms with E-state index in [-0.39, 0.29) is 6.04 Å². The zero-order valence-electron chi connectivity index (χ0n) is 8.72. The summed E-state index contributed by atoms with van der Waals surface area (Å²) >= 11 is 0. The van der Waals surface area contributed by atoms with Crippen LogP contribution in [0.25, 0.3) is 0 Å². The molecule has 74 valence electrons. The molecule has 0 saturated carbocycles. The molecule has 0 aliphatic heterocycles. The second-order valence-corrected chi connectivity index (χ2v) is 4.09. The van der Waals surface area contributed by atoms with E-state index in [1.807, 2.05) is 0 Å². The van der Waals surface area contributed by atoms with Gasteiger partial charge < -0.3 is 5.73 Å². The summed E-state index contributed by atoms with van der Waals surface area (Å²) in [6.07, 6.45) is 5.55. The lowest BCUT2D eigenvalue weighted by Crippen LogP contribution is -2.07. The first kappa shape index (κ1) is 9.47. The topological polar surface area (TPSA) is 26.0 Å². The molecule has 1 unspecified atom stereocenters. The molecule has 1 aliphatic carbocycles. The Morgan fingerprint density at radius 1 is 1.43 bits per heavy atom. The third-order valence-corrected chi connectivity index (χ3v) is 3.10. The highest BCUT2D eigenvalue weighted by molar-refractivity contribution is 5.43. The number of fused-ring (bicyclic) bond motifs is 1. The van der Waals surface area contributed by atoms with Crippen LogP contribution in [0.4, 0.5) is 0 Å². The zero-order valence-corrected chi connectivity index (χ0v) is 8.72. The number of hydrogen-bond acceptors (Lipinski definition) is 1. The number of benzene rings is 1. The lowest BCUT2D eigenvalue weighted by molar-refractivity contribution is 0.902. The van der Waals surface area contributed by atoms with Gasteiger partial charge in [0, 0.05) is 6.04 Å². The standard InChI is InChI=1S/C13H17N/c1-3-13(14)11-7-9(2)12-6-4-5-10(12)8-11/h3,7-8,13H,1,4-6,14H2,2H3. The van der Waals surface area contributed by atoms with Gasteiger partial charge in [-0.3, -0.25) is 0 Å². The number of nitrogens with two attached hydrogens (primary N) is 1. The Kier molecular flexibility index (Phi) is 2.42. The minimum atomic E-state index is -0.0143. The van der Waals surface area contributed by atoms with Crippen molar-refractivity contribution in [3.05, 3.63) is 47.0 Å². The molecule has 0 amide bonds. The molecule has 0 spiro atoms. The average molecular weight is 187 g/mol. The highest BCUT2D eigenvalue weighted by atomic mass is 14.6. The van der Waals surface area contributed by atoms with Crippen molar-refractivity contribution in [3.63, 3.8) is 0 Å². The molecule has 0 saturated heterocycles. The molecular formula is C13H17N. The first-order valence-corrected chi connectivity index (χ1v) is 5.23. The molecule has 0 radical (unpaired) electrons. The van der Waals surface area contributed by atoms with Gasteiger partial charge in [-0.1, -0.05) is 18.2 Å². The molecule has 14 heavy (non-hydrogen) atoms. The second kappa shape index (κ2) is 3.58. The lowest BCUT2D eigenvalue weighted by Gasteiger charge is -2.11. The molecule has 1 aromatic rings. The summed E-state index contributed by atoms with van der Waals surface area (Å²) in [7, 11) is 0. The fraction of sp³-hybridized carbons (Fsp3) is 0.385. The van der Waals surface area contributed by atoms with Gasteiger partial charge in [0.05, 0.1) is 0 Å². The molecule has 2 N–H and O–H groups in total. The third kappa shape index (κ3) is 1.48. The molecule has 1 nitrogen and oxygen atoms in total. The van der Waals surface area contributed by atoms with E-state index in [0.29, 0.717) is 0 Å². The Labute approximate surface area is 85.6 Å². The van der Waals surface area contributed by atoms with E-state index in [1.54, 1.807) is 11.6 Å². The maximum atomic E-state index is 5.94. The van der Waals surface area contributed by atoms with Crippen LogP contribution in [0, 0.1) is 6.92 Å². The van der Waals surface area contributed by atoms with Gasteiger partial charge in [-0.2, -0.15) is 0 Å². The SMILES string of the molecule is C=CC(N)c1cc(C)c2c(c1)CCC2. The summed E-state index contributed by atoms with van der Waals surface area (Å²) in [5, 5.41) is 0. The fourth-order valence-electron chi connectivity index (χ4n) is 2.29. The summed E-state index contributed by atoms with van der Waals surface area (Å²) in [6.45, 7) is 5.92. The summed E-state index contributed by atoms with van der Waals surface area (Å²) in [4.78, 5) is 0. The van der Waals surface area contributed by atoms with E-state index >= 15 is 0 Å². The van der Waals surface area contributed by atoms with E-state index < -0.39 is 0 Å². The van der Waals surface area contributed by atoms with Crippen LogP contribution in [0.15, 0.2) is 24.8 Å². The van der Waals surface area contributed by atoms with Gasteiger partial charge >= 0.3 is 0 Å². The normalized spacial score (nSPS) is 16.4. The van der Waals surface area contributed by atoms with Crippen LogP contribution in [0.3, 0.4) is 0 Å². The Morgan fingerprint density at radius 3 is 2.93 bits per heavy atom. The fourth-order valence-corrected chi connectivity index (χ4v) is 2.29. The van der Waals surface area contributed by atoms with Gasteiger partial charge in [-0.25, -0.2) is 0 Å². The molecule has 1 aliphatic rings. The van der Waals surface area contributed by atoms with Crippen LogP contribution in [0.1, 0.15) is 34.7 Å². The van der Waals surface area contributed by atoms with Crippen LogP contribution >= 0.6 is 0 Å². The number of aryl methyl sites for hydroxylation is 2. The first-order valence-electron chi connectivity index (χ1n) is 5.23. The van der Waals surface area contributed by atoms with Gasteiger partial charge in [0.1, 0.15) is 0 Å². The molecule has 0 fully saturated rings. The van der Waals surface area contributed by atoms with Crippen molar-refractivity contribution in [3.8, 4) is 0 Å². The first-order chi connectivity index (χ1) is 6.72. The van der Waals surface area contributed by atoms with Gasteiger partial charge in [-0.05, 0) is 48.4 Å². The molecule has 0 heterocycles. The van der Waals surface area contributed by atoms with Crippen molar-refractivity contribution in [1.29, 1.82) is 0 Å². The highest BCUT2D eigenvalue weighted by Gasteiger charge is 2.15. The molecule has 1 heteroatoms. The van der Waals surface area contributed by atoms with Crippen molar-refractivity contribution < 1.29 is 0 Å². The minimum Gasteiger partial charge on any atom is -0.321 e. The van der Waals surface area contributed by atoms with Gasteiger partial charge in [0.15, 0.2) is 0 Å².